The number of aromatic nitrogens is 5. The van der Waals surface area contributed by atoms with Crippen LogP contribution in [0, 0.1) is 18.8 Å². The second-order valence-electron chi connectivity index (χ2n) is 11.8. The second-order valence-corrected chi connectivity index (χ2v) is 11.8. The molecular formula is C33H36F2N6O5. The first kappa shape index (κ1) is 32.6. The maximum absolute atomic E-state index is 13.1. The number of esters is 2. The summed E-state index contributed by atoms with van der Waals surface area (Å²) < 4.78 is 38.3. The number of pyridine rings is 3. The minimum atomic E-state index is -2.61. The molecule has 5 rings (SSSR count). The van der Waals surface area contributed by atoms with Crippen molar-refractivity contribution in [1.82, 2.24) is 24.7 Å². The topological polar surface area (TPSA) is 141 Å². The van der Waals surface area contributed by atoms with Gasteiger partial charge in [-0.2, -0.15) is 5.10 Å². The van der Waals surface area contributed by atoms with E-state index in [1.165, 1.54) is 42.3 Å². The van der Waals surface area contributed by atoms with Gasteiger partial charge in [0.1, 0.15) is 17.2 Å². The van der Waals surface area contributed by atoms with Crippen LogP contribution in [0.1, 0.15) is 73.1 Å². The highest BCUT2D eigenvalue weighted by atomic mass is 19.3. The summed E-state index contributed by atoms with van der Waals surface area (Å²) in [5, 5.41) is 18.5. The van der Waals surface area contributed by atoms with Crippen LogP contribution in [-0.2, 0) is 26.9 Å². The average Bonchev–Trinajstić information content (AvgIpc) is 3.47. The van der Waals surface area contributed by atoms with Crippen molar-refractivity contribution in [2.45, 2.75) is 64.8 Å². The number of rotatable bonds is 10. The first-order chi connectivity index (χ1) is 21.9. The minimum Gasteiger partial charge on any atom is -0.425 e. The van der Waals surface area contributed by atoms with Gasteiger partial charge in [-0.25, -0.2) is 23.5 Å². The van der Waals surface area contributed by atoms with Crippen LogP contribution in [0.5, 0.6) is 0 Å². The molecule has 0 bridgehead atoms. The summed E-state index contributed by atoms with van der Waals surface area (Å²) in [6.45, 7) is 5.12. The molecule has 1 saturated carbocycles. The fourth-order valence-corrected chi connectivity index (χ4v) is 5.64. The van der Waals surface area contributed by atoms with Gasteiger partial charge in [0.05, 0.1) is 29.1 Å². The van der Waals surface area contributed by atoms with Crippen LogP contribution < -0.4 is 5.32 Å². The van der Waals surface area contributed by atoms with Crippen LogP contribution in [0.3, 0.4) is 0 Å². The van der Waals surface area contributed by atoms with Gasteiger partial charge in [0.2, 0.25) is 6.29 Å². The monoisotopic (exact) mass is 634 g/mol. The lowest BCUT2D eigenvalue weighted by Gasteiger charge is -2.37. The molecule has 0 radical (unpaired) electrons. The number of carbonyl (C=O) groups is 2. The van der Waals surface area contributed by atoms with Crippen LogP contribution >= 0.6 is 0 Å². The highest BCUT2D eigenvalue weighted by Gasteiger charge is 2.39. The van der Waals surface area contributed by atoms with E-state index in [0.29, 0.717) is 48.5 Å². The zero-order valence-corrected chi connectivity index (χ0v) is 26.0. The third-order valence-electron chi connectivity index (χ3n) is 8.19. The quantitative estimate of drug-likeness (QED) is 0.157. The largest absolute Gasteiger partial charge is 0.425 e. The molecule has 4 aromatic heterocycles. The molecule has 1 fully saturated rings. The Labute approximate surface area is 265 Å². The molecular weight excluding hydrogens is 598 g/mol. The fraction of sp³-hybridized carbons (Fsp3) is 0.394. The number of anilines is 2. The van der Waals surface area contributed by atoms with Gasteiger partial charge in [0.15, 0.2) is 0 Å². The average molecular weight is 635 g/mol. The van der Waals surface area contributed by atoms with E-state index in [1.54, 1.807) is 32.3 Å². The van der Waals surface area contributed by atoms with E-state index in [2.05, 4.69) is 25.4 Å². The number of aryl methyl sites for hydroxylation is 2. The van der Waals surface area contributed by atoms with Crippen molar-refractivity contribution in [3.63, 3.8) is 0 Å². The molecule has 1 aliphatic carbocycles. The van der Waals surface area contributed by atoms with Crippen molar-refractivity contribution in [3.05, 3.63) is 83.6 Å². The van der Waals surface area contributed by atoms with Crippen molar-refractivity contribution in [2.24, 2.45) is 18.9 Å². The molecule has 1 aliphatic rings. The van der Waals surface area contributed by atoms with Crippen LogP contribution in [0.2, 0.25) is 0 Å². The van der Waals surface area contributed by atoms with Gasteiger partial charge in [-0.1, -0.05) is 0 Å². The summed E-state index contributed by atoms with van der Waals surface area (Å²) in [6.07, 6.45) is 4.38. The number of alkyl halides is 2. The number of nitrogens with one attached hydrogen (secondary N) is 1. The molecule has 13 heteroatoms. The maximum atomic E-state index is 13.1. The van der Waals surface area contributed by atoms with Crippen molar-refractivity contribution >= 4 is 23.6 Å². The number of aliphatic hydroxyl groups is 1. The summed E-state index contributed by atoms with van der Waals surface area (Å²) in [5.41, 5.74) is 1.60. The molecule has 11 nitrogen and oxygen atoms in total. The summed E-state index contributed by atoms with van der Waals surface area (Å²) in [6, 6.07) is 9.80. The van der Waals surface area contributed by atoms with Crippen LogP contribution in [0.15, 0.2) is 61.2 Å². The number of halogens is 2. The fourth-order valence-electron chi connectivity index (χ4n) is 5.64. The number of carbonyl (C=O) groups excluding carboxylic acids is 2. The Morgan fingerprint density at radius 2 is 1.80 bits per heavy atom. The Morgan fingerprint density at radius 1 is 1.04 bits per heavy atom. The smallest absolute Gasteiger partial charge is 0.344 e. The lowest BCUT2D eigenvalue weighted by atomic mass is 9.73. The molecule has 46 heavy (non-hydrogen) atoms. The van der Waals surface area contributed by atoms with Crippen molar-refractivity contribution in [3.8, 4) is 11.3 Å². The molecule has 2 atom stereocenters. The number of hydrogen-bond donors (Lipinski definition) is 2. The molecule has 4 heterocycles. The van der Waals surface area contributed by atoms with Gasteiger partial charge < -0.3 is 19.9 Å². The van der Waals surface area contributed by atoms with Gasteiger partial charge in [-0.3, -0.25) is 14.5 Å². The summed E-state index contributed by atoms with van der Waals surface area (Å²) in [7, 11) is 1.68. The zero-order chi connectivity index (χ0) is 33.0. The maximum Gasteiger partial charge on any atom is 0.344 e. The third kappa shape index (κ3) is 7.71. The van der Waals surface area contributed by atoms with E-state index in [9.17, 15) is 23.5 Å². The van der Waals surface area contributed by atoms with Crippen molar-refractivity contribution in [2.75, 3.05) is 5.32 Å². The third-order valence-corrected chi connectivity index (χ3v) is 8.19. The molecule has 0 unspecified atom stereocenters. The molecule has 0 saturated heterocycles. The highest BCUT2D eigenvalue weighted by molar-refractivity contribution is 5.88. The molecule has 0 aromatic carbocycles. The normalized spacial score (nSPS) is 18.4. The Bertz CT molecular complexity index is 1690. The Kier molecular flexibility index (Phi) is 9.71. The predicted octanol–water partition coefficient (Wildman–Crippen LogP) is 6.02. The first-order valence-electron chi connectivity index (χ1n) is 15.0. The summed E-state index contributed by atoms with van der Waals surface area (Å²) in [4.78, 5) is 38.3. The Morgan fingerprint density at radius 3 is 2.46 bits per heavy atom. The lowest BCUT2D eigenvalue weighted by Crippen LogP contribution is -2.37. The van der Waals surface area contributed by atoms with E-state index >= 15 is 0 Å². The van der Waals surface area contributed by atoms with E-state index < -0.39 is 30.3 Å². The zero-order valence-electron chi connectivity index (χ0n) is 26.0. The Balaban J connectivity index is 1.18. The SMILES string of the molecule is Cc1cc(Nc2cc(C(F)F)ccn2)nc(-c2ccc([C@](C)(O)C3CCC(C(=O)O[C@@H](C)OC(=O)c4cnn(C)c4)CC3)nc2)c1. The van der Waals surface area contributed by atoms with Crippen molar-refractivity contribution < 1.29 is 33.0 Å². The number of nitrogens with zero attached hydrogens (tertiary/aromatic N) is 5. The second kappa shape index (κ2) is 13.7. The van der Waals surface area contributed by atoms with Gasteiger partial charge in [0.25, 0.3) is 6.43 Å². The van der Waals surface area contributed by atoms with Crippen LogP contribution in [0.25, 0.3) is 11.3 Å². The predicted molar refractivity (Wildman–Crippen MR) is 164 cm³/mol. The van der Waals surface area contributed by atoms with Crippen LogP contribution in [-0.4, -0.2) is 48.1 Å². The molecule has 0 spiro atoms. The molecule has 0 aliphatic heterocycles. The van der Waals surface area contributed by atoms with E-state index in [4.69, 9.17) is 9.47 Å². The first-order valence-corrected chi connectivity index (χ1v) is 15.0. The van der Waals surface area contributed by atoms with Gasteiger partial charge in [0, 0.05) is 43.7 Å². The van der Waals surface area contributed by atoms with E-state index in [0.717, 1.165) is 5.56 Å². The highest BCUT2D eigenvalue weighted by Crippen LogP contribution is 2.41. The lowest BCUT2D eigenvalue weighted by molar-refractivity contribution is -0.172. The minimum absolute atomic E-state index is 0.139. The standard InChI is InChI=1S/C33H36F2N6O5/c1-19-13-26(39-29(14-19)40-28-15-22(30(34)35)11-12-36-28)23-7-10-27(37-16-23)33(3,44)25-8-5-21(6-9-25)31(42)45-20(2)46-32(43)24-17-38-41(4)18-24/h7,10-18,20-21,25,30,44H,5-6,8-9H2,1-4H3,(H,36,39,40)/t20-,21?,25?,33-/m1/s1. The van der Waals surface area contributed by atoms with Crippen LogP contribution in [0.4, 0.5) is 20.4 Å². The van der Waals surface area contributed by atoms with Gasteiger partial charge in [-0.15, -0.1) is 0 Å². The van der Waals surface area contributed by atoms with Gasteiger partial charge >= 0.3 is 11.9 Å². The van der Waals surface area contributed by atoms with Gasteiger partial charge in [-0.05, 0) is 87.4 Å². The van der Waals surface area contributed by atoms with E-state index in [1.807, 2.05) is 19.1 Å². The summed E-state index contributed by atoms with van der Waals surface area (Å²) >= 11 is 0. The van der Waals surface area contributed by atoms with E-state index in [-0.39, 0.29) is 28.8 Å². The molecule has 4 aromatic rings. The molecule has 242 valence electrons. The number of ether oxygens (including phenoxy) is 2. The Hall–Kier alpha value is -4.78. The molecule has 0 amide bonds. The van der Waals surface area contributed by atoms with Crippen molar-refractivity contribution in [1.29, 1.82) is 0 Å². The number of hydrogen-bond acceptors (Lipinski definition) is 10. The summed E-state index contributed by atoms with van der Waals surface area (Å²) in [5.74, 6) is -0.874. The molecule has 2 N–H and O–H groups in total.